The van der Waals surface area contributed by atoms with Crippen LogP contribution in [0.4, 0.5) is 24.9 Å². The third-order valence-corrected chi connectivity index (χ3v) is 3.27. The first-order chi connectivity index (χ1) is 9.11. The molecule has 3 N–H and O–H groups in total. The van der Waals surface area contributed by atoms with Crippen LogP contribution in [0.1, 0.15) is 33.4 Å². The molecule has 0 aliphatic rings. The van der Waals surface area contributed by atoms with Crippen LogP contribution in [0.15, 0.2) is 6.07 Å². The van der Waals surface area contributed by atoms with E-state index in [9.17, 15) is 13.2 Å². The molecule has 0 atom stereocenters. The van der Waals surface area contributed by atoms with Crippen molar-refractivity contribution in [3.05, 3.63) is 11.8 Å². The minimum Gasteiger partial charge on any atom is -0.370 e. The van der Waals surface area contributed by atoms with Crippen molar-refractivity contribution in [3.8, 4) is 0 Å². The lowest BCUT2D eigenvalue weighted by molar-refractivity contribution is -0.141. The minimum atomic E-state index is -4.52. The Kier molecular flexibility index (Phi) is 5.19. The zero-order valence-corrected chi connectivity index (χ0v) is 12.1. The fraction of sp³-hybridized carbons (Fsp3) is 0.692. The van der Waals surface area contributed by atoms with Gasteiger partial charge in [-0.15, -0.1) is 0 Å². The van der Waals surface area contributed by atoms with E-state index >= 15 is 0 Å². The molecule has 0 bridgehead atoms. The summed E-state index contributed by atoms with van der Waals surface area (Å²) in [6, 6.07) is 0.883. The third-order valence-electron chi connectivity index (χ3n) is 3.27. The van der Waals surface area contributed by atoms with Gasteiger partial charge in [-0.1, -0.05) is 27.7 Å². The summed E-state index contributed by atoms with van der Waals surface area (Å²) >= 11 is 0. The van der Waals surface area contributed by atoms with Gasteiger partial charge in [0.25, 0.3) is 0 Å². The van der Waals surface area contributed by atoms with Crippen molar-refractivity contribution >= 4 is 11.8 Å². The standard InChI is InChI=1S/C13H21F3N4/c1-7(2)9(8(3)4)6-18-11-5-10(13(14,15)16)19-12(17)20-11/h5,7-9H,6H2,1-4H3,(H3,17,18,19,20). The maximum Gasteiger partial charge on any atom is 0.433 e. The van der Waals surface area contributed by atoms with Crippen molar-refractivity contribution in [2.24, 2.45) is 17.8 Å². The number of rotatable bonds is 5. The van der Waals surface area contributed by atoms with Crippen molar-refractivity contribution < 1.29 is 13.2 Å². The van der Waals surface area contributed by atoms with E-state index < -0.39 is 11.9 Å². The van der Waals surface area contributed by atoms with Crippen LogP contribution in [0.25, 0.3) is 0 Å². The largest absolute Gasteiger partial charge is 0.433 e. The second-order valence-corrected chi connectivity index (χ2v) is 5.53. The highest BCUT2D eigenvalue weighted by molar-refractivity contribution is 5.41. The molecule has 7 heteroatoms. The summed E-state index contributed by atoms with van der Waals surface area (Å²) in [4.78, 5) is 7.00. The molecule has 0 aliphatic heterocycles. The molecule has 0 radical (unpaired) electrons. The van der Waals surface area contributed by atoms with Gasteiger partial charge in [0, 0.05) is 12.6 Å². The van der Waals surface area contributed by atoms with E-state index in [4.69, 9.17) is 5.73 Å². The zero-order valence-electron chi connectivity index (χ0n) is 12.1. The average molecular weight is 290 g/mol. The molecule has 4 nitrogen and oxygen atoms in total. The van der Waals surface area contributed by atoms with Crippen LogP contribution in [0.2, 0.25) is 0 Å². The molecule has 0 saturated heterocycles. The second kappa shape index (κ2) is 6.28. The zero-order chi connectivity index (χ0) is 15.5. The predicted octanol–water partition coefficient (Wildman–Crippen LogP) is 3.42. The van der Waals surface area contributed by atoms with Crippen molar-refractivity contribution in [2.75, 3.05) is 17.6 Å². The summed E-state index contributed by atoms with van der Waals surface area (Å²) in [5.41, 5.74) is 4.29. The molecule has 0 unspecified atom stereocenters. The van der Waals surface area contributed by atoms with Gasteiger partial charge in [0.2, 0.25) is 5.95 Å². The summed E-state index contributed by atoms with van der Waals surface area (Å²) in [5.74, 6) is 0.900. The Morgan fingerprint density at radius 1 is 1.15 bits per heavy atom. The van der Waals surface area contributed by atoms with Gasteiger partial charge < -0.3 is 11.1 Å². The SMILES string of the molecule is CC(C)C(CNc1cc(C(F)(F)F)nc(N)n1)C(C)C. The number of nitrogens with zero attached hydrogens (tertiary/aromatic N) is 2. The molecule has 0 fully saturated rings. The highest BCUT2D eigenvalue weighted by atomic mass is 19.4. The summed E-state index contributed by atoms with van der Waals surface area (Å²) in [7, 11) is 0. The van der Waals surface area contributed by atoms with E-state index in [-0.39, 0.29) is 11.8 Å². The van der Waals surface area contributed by atoms with Gasteiger partial charge in [-0.2, -0.15) is 18.2 Å². The van der Waals surface area contributed by atoms with Crippen LogP contribution in [0, 0.1) is 17.8 Å². The topological polar surface area (TPSA) is 63.8 Å². The molecule has 1 rings (SSSR count). The van der Waals surface area contributed by atoms with Gasteiger partial charge in [0.1, 0.15) is 5.82 Å². The smallest absolute Gasteiger partial charge is 0.370 e. The molecular formula is C13H21F3N4. The lowest BCUT2D eigenvalue weighted by atomic mass is 9.85. The molecule has 0 saturated carbocycles. The Morgan fingerprint density at radius 3 is 2.15 bits per heavy atom. The van der Waals surface area contributed by atoms with E-state index in [1.54, 1.807) is 0 Å². The van der Waals surface area contributed by atoms with E-state index in [1.807, 2.05) is 0 Å². The van der Waals surface area contributed by atoms with E-state index in [2.05, 4.69) is 43.0 Å². The van der Waals surface area contributed by atoms with Crippen LogP contribution >= 0.6 is 0 Å². The van der Waals surface area contributed by atoms with Crippen molar-refractivity contribution in [1.29, 1.82) is 0 Å². The van der Waals surface area contributed by atoms with Crippen molar-refractivity contribution in [3.63, 3.8) is 0 Å². The molecule has 1 heterocycles. The summed E-state index contributed by atoms with van der Waals surface area (Å²) in [6.07, 6.45) is -4.52. The fourth-order valence-corrected chi connectivity index (χ4v) is 2.17. The Hall–Kier alpha value is -1.53. The molecule has 0 aliphatic carbocycles. The minimum absolute atomic E-state index is 0.108. The molecule has 1 aromatic heterocycles. The summed E-state index contributed by atoms with van der Waals surface area (Å²) in [6.45, 7) is 8.89. The van der Waals surface area contributed by atoms with Crippen molar-refractivity contribution in [1.82, 2.24) is 9.97 Å². The number of alkyl halides is 3. The second-order valence-electron chi connectivity index (χ2n) is 5.53. The number of hydrogen-bond donors (Lipinski definition) is 2. The van der Waals surface area contributed by atoms with E-state index in [0.717, 1.165) is 6.07 Å². The fourth-order valence-electron chi connectivity index (χ4n) is 2.17. The normalized spacial score (nSPS) is 12.5. The number of halogens is 3. The average Bonchev–Trinajstić information content (AvgIpc) is 2.26. The van der Waals surface area contributed by atoms with Crippen LogP contribution in [-0.4, -0.2) is 16.5 Å². The van der Waals surface area contributed by atoms with Crippen molar-refractivity contribution in [2.45, 2.75) is 33.9 Å². The number of nitrogens with one attached hydrogen (secondary N) is 1. The molecule has 0 spiro atoms. The highest BCUT2D eigenvalue weighted by Gasteiger charge is 2.33. The van der Waals surface area contributed by atoms with Crippen LogP contribution < -0.4 is 11.1 Å². The van der Waals surface area contributed by atoms with Gasteiger partial charge in [0.15, 0.2) is 5.69 Å². The van der Waals surface area contributed by atoms with E-state index in [0.29, 0.717) is 24.3 Å². The molecule has 1 aromatic rings. The monoisotopic (exact) mass is 290 g/mol. The number of nitrogens with two attached hydrogens (primary N) is 1. The van der Waals surface area contributed by atoms with Gasteiger partial charge in [-0.3, -0.25) is 0 Å². The third kappa shape index (κ3) is 4.54. The van der Waals surface area contributed by atoms with Gasteiger partial charge in [-0.05, 0) is 17.8 Å². The summed E-state index contributed by atoms with van der Waals surface area (Å²) in [5, 5.41) is 2.93. The van der Waals surface area contributed by atoms with Crippen LogP contribution in [0.3, 0.4) is 0 Å². The Morgan fingerprint density at radius 2 is 1.70 bits per heavy atom. The Labute approximate surface area is 117 Å². The quantitative estimate of drug-likeness (QED) is 0.872. The molecular weight excluding hydrogens is 269 g/mol. The number of hydrogen-bond acceptors (Lipinski definition) is 4. The van der Waals surface area contributed by atoms with Gasteiger partial charge in [0.05, 0.1) is 0 Å². The maximum absolute atomic E-state index is 12.6. The lowest BCUT2D eigenvalue weighted by Crippen LogP contribution is -2.25. The van der Waals surface area contributed by atoms with E-state index in [1.165, 1.54) is 0 Å². The predicted molar refractivity (Wildman–Crippen MR) is 73.1 cm³/mol. The first-order valence-corrected chi connectivity index (χ1v) is 6.57. The first-order valence-electron chi connectivity index (χ1n) is 6.57. The molecule has 20 heavy (non-hydrogen) atoms. The number of nitrogen functional groups attached to an aromatic ring is 1. The molecule has 0 amide bonds. The highest BCUT2D eigenvalue weighted by Crippen LogP contribution is 2.29. The summed E-state index contributed by atoms with van der Waals surface area (Å²) < 4.78 is 37.9. The Bertz CT molecular complexity index is 436. The van der Waals surface area contributed by atoms with Gasteiger partial charge >= 0.3 is 6.18 Å². The lowest BCUT2D eigenvalue weighted by Gasteiger charge is -2.25. The number of anilines is 2. The van der Waals surface area contributed by atoms with Gasteiger partial charge in [-0.25, -0.2) is 4.98 Å². The molecule has 0 aromatic carbocycles. The maximum atomic E-state index is 12.6. The molecule has 114 valence electrons. The first kappa shape index (κ1) is 16.5. The van der Waals surface area contributed by atoms with Crippen LogP contribution in [-0.2, 0) is 6.18 Å². The number of aromatic nitrogens is 2. The van der Waals surface area contributed by atoms with Crippen LogP contribution in [0.5, 0.6) is 0 Å². The Balaban J connectivity index is 2.85.